The second kappa shape index (κ2) is 10.5. The van der Waals surface area contributed by atoms with Crippen molar-refractivity contribution in [2.75, 3.05) is 26.2 Å². The molecule has 31 heavy (non-hydrogen) atoms. The lowest BCUT2D eigenvalue weighted by Crippen LogP contribution is -2.54. The number of carbonyl (C=O) groups excluding carboxylic acids is 1. The van der Waals surface area contributed by atoms with Crippen LogP contribution in [0.1, 0.15) is 31.2 Å². The number of aliphatic carboxylic acids is 1. The van der Waals surface area contributed by atoms with Crippen molar-refractivity contribution in [3.8, 4) is 0 Å². The standard InChI is InChI=1S/C20H28N2O2.C2HF3O2/c23-20(21-16-7-4-8-16)18-13-22(14-19-17(18)10-12-24-19)11-9-15-5-2-1-3-6-15;3-2(4,5)1(6)7/h1-3,5-6,16-19H,4,7-14H2,(H,21,23);(H,6,7)/t17-,18+,19+;/m0./s1. The van der Waals surface area contributed by atoms with E-state index in [1.165, 1.54) is 12.0 Å². The molecule has 0 spiro atoms. The van der Waals surface area contributed by atoms with Gasteiger partial charge in [0.2, 0.25) is 5.91 Å². The SMILES string of the molecule is O=C(NC1CCC1)[C@@H]1CN(CCc2ccccc2)C[C@H]2OCC[C@H]21.O=C(O)C(F)(F)F. The number of rotatable bonds is 5. The van der Waals surface area contributed by atoms with Gasteiger partial charge in [-0.1, -0.05) is 30.3 Å². The molecule has 1 aliphatic carbocycles. The van der Waals surface area contributed by atoms with E-state index >= 15 is 0 Å². The van der Waals surface area contributed by atoms with Crippen LogP contribution < -0.4 is 5.32 Å². The van der Waals surface area contributed by atoms with Crippen molar-refractivity contribution in [3.63, 3.8) is 0 Å². The molecule has 2 aliphatic heterocycles. The summed E-state index contributed by atoms with van der Waals surface area (Å²) in [5.74, 6) is -1.97. The highest BCUT2D eigenvalue weighted by molar-refractivity contribution is 5.80. The summed E-state index contributed by atoms with van der Waals surface area (Å²) in [7, 11) is 0. The topological polar surface area (TPSA) is 78.9 Å². The van der Waals surface area contributed by atoms with Gasteiger partial charge in [-0.25, -0.2) is 4.79 Å². The van der Waals surface area contributed by atoms with Crippen LogP contribution in [0.25, 0.3) is 0 Å². The van der Waals surface area contributed by atoms with Crippen molar-refractivity contribution >= 4 is 11.9 Å². The Morgan fingerprint density at radius 1 is 1.13 bits per heavy atom. The second-order valence-electron chi connectivity index (χ2n) is 8.40. The van der Waals surface area contributed by atoms with Gasteiger partial charge < -0.3 is 15.2 Å². The van der Waals surface area contributed by atoms with Crippen LogP contribution in [0.2, 0.25) is 0 Å². The highest BCUT2D eigenvalue weighted by Crippen LogP contribution is 2.34. The van der Waals surface area contributed by atoms with Gasteiger partial charge in [0.05, 0.1) is 12.0 Å². The molecular weight excluding hydrogens is 413 g/mol. The minimum absolute atomic E-state index is 0.0997. The number of hydrogen-bond acceptors (Lipinski definition) is 4. The quantitative estimate of drug-likeness (QED) is 0.733. The van der Waals surface area contributed by atoms with Crippen molar-refractivity contribution in [1.29, 1.82) is 0 Å². The lowest BCUT2D eigenvalue weighted by molar-refractivity contribution is -0.192. The van der Waals surface area contributed by atoms with Gasteiger partial charge in [0.1, 0.15) is 0 Å². The average Bonchev–Trinajstić information content (AvgIpc) is 3.17. The van der Waals surface area contributed by atoms with Gasteiger partial charge in [0.15, 0.2) is 0 Å². The van der Waals surface area contributed by atoms with Crippen LogP contribution >= 0.6 is 0 Å². The van der Waals surface area contributed by atoms with E-state index in [1.54, 1.807) is 0 Å². The van der Waals surface area contributed by atoms with Gasteiger partial charge in [0.25, 0.3) is 0 Å². The van der Waals surface area contributed by atoms with Gasteiger partial charge in [0, 0.05) is 38.2 Å². The number of benzene rings is 1. The fourth-order valence-electron chi connectivity index (χ4n) is 4.31. The number of halogens is 3. The number of nitrogens with one attached hydrogen (secondary N) is 1. The molecule has 3 aliphatic rings. The van der Waals surface area contributed by atoms with E-state index < -0.39 is 12.1 Å². The Morgan fingerprint density at radius 2 is 1.81 bits per heavy atom. The summed E-state index contributed by atoms with van der Waals surface area (Å²) in [6.07, 6.45) is 0.802. The Kier molecular flexibility index (Phi) is 7.94. The monoisotopic (exact) mass is 442 g/mol. The zero-order valence-electron chi connectivity index (χ0n) is 17.3. The van der Waals surface area contributed by atoms with Crippen LogP contribution in [-0.2, 0) is 20.7 Å². The minimum Gasteiger partial charge on any atom is -0.475 e. The van der Waals surface area contributed by atoms with Crippen LogP contribution in [-0.4, -0.2) is 66.4 Å². The Balaban J connectivity index is 0.000000339. The summed E-state index contributed by atoms with van der Waals surface area (Å²) in [6, 6.07) is 11.0. The van der Waals surface area contributed by atoms with Crippen LogP contribution in [0.5, 0.6) is 0 Å². The number of alkyl halides is 3. The smallest absolute Gasteiger partial charge is 0.475 e. The van der Waals surface area contributed by atoms with Crippen LogP contribution in [0.3, 0.4) is 0 Å². The van der Waals surface area contributed by atoms with Crippen LogP contribution in [0.15, 0.2) is 30.3 Å². The second-order valence-corrected chi connectivity index (χ2v) is 8.40. The van der Waals surface area contributed by atoms with E-state index in [-0.39, 0.29) is 17.9 Å². The lowest BCUT2D eigenvalue weighted by atomic mass is 9.81. The first-order chi connectivity index (χ1) is 14.7. The number of ether oxygens (including phenoxy) is 1. The van der Waals surface area contributed by atoms with Crippen LogP contribution in [0, 0.1) is 11.8 Å². The number of carboxylic acids is 1. The maximum Gasteiger partial charge on any atom is 0.490 e. The van der Waals surface area contributed by atoms with E-state index in [0.717, 1.165) is 51.9 Å². The molecule has 1 aromatic rings. The summed E-state index contributed by atoms with van der Waals surface area (Å²) >= 11 is 0. The third kappa shape index (κ3) is 6.67. The molecule has 2 heterocycles. The lowest BCUT2D eigenvalue weighted by Gasteiger charge is -2.40. The molecule has 3 atom stereocenters. The molecular formula is C22H29F3N2O4. The maximum absolute atomic E-state index is 12.8. The molecule has 2 saturated heterocycles. The summed E-state index contributed by atoms with van der Waals surface area (Å²) < 4.78 is 37.7. The predicted molar refractivity (Wildman–Crippen MR) is 107 cm³/mol. The fourth-order valence-corrected chi connectivity index (χ4v) is 4.31. The fraction of sp³-hybridized carbons (Fsp3) is 0.636. The number of amides is 1. The molecule has 0 bridgehead atoms. The van der Waals surface area contributed by atoms with Crippen molar-refractivity contribution < 1.29 is 32.6 Å². The van der Waals surface area contributed by atoms with Crippen LogP contribution in [0.4, 0.5) is 13.2 Å². The highest BCUT2D eigenvalue weighted by atomic mass is 19.4. The van der Waals surface area contributed by atoms with E-state index in [9.17, 15) is 18.0 Å². The Bertz CT molecular complexity index is 740. The number of carbonyl (C=O) groups is 2. The van der Waals surface area contributed by atoms with Crippen molar-refractivity contribution in [3.05, 3.63) is 35.9 Å². The summed E-state index contributed by atoms with van der Waals surface area (Å²) in [6.45, 7) is 3.68. The molecule has 0 radical (unpaired) electrons. The molecule has 2 N–H and O–H groups in total. The first-order valence-corrected chi connectivity index (χ1v) is 10.7. The number of carboxylic acid groups (broad SMARTS) is 1. The highest BCUT2D eigenvalue weighted by Gasteiger charge is 2.44. The van der Waals surface area contributed by atoms with E-state index in [2.05, 4.69) is 40.5 Å². The Labute approximate surface area is 179 Å². The Hall–Kier alpha value is -2.13. The minimum atomic E-state index is -5.08. The van der Waals surface area contributed by atoms with Gasteiger partial charge >= 0.3 is 12.1 Å². The Morgan fingerprint density at radius 3 is 2.39 bits per heavy atom. The zero-order chi connectivity index (χ0) is 22.4. The molecule has 1 aromatic carbocycles. The first-order valence-electron chi connectivity index (χ1n) is 10.7. The number of hydrogen-bond donors (Lipinski definition) is 2. The van der Waals surface area contributed by atoms with Gasteiger partial charge in [-0.15, -0.1) is 0 Å². The van der Waals surface area contributed by atoms with Gasteiger partial charge in [-0.3, -0.25) is 9.69 Å². The van der Waals surface area contributed by atoms with E-state index in [4.69, 9.17) is 14.6 Å². The maximum atomic E-state index is 12.8. The molecule has 1 amide bonds. The number of piperidine rings is 1. The molecule has 9 heteroatoms. The summed E-state index contributed by atoms with van der Waals surface area (Å²) in [5.41, 5.74) is 1.36. The summed E-state index contributed by atoms with van der Waals surface area (Å²) in [5, 5.41) is 10.4. The third-order valence-corrected chi connectivity index (χ3v) is 6.26. The number of fused-ring (bicyclic) bond motifs is 1. The average molecular weight is 442 g/mol. The molecule has 0 unspecified atom stereocenters. The largest absolute Gasteiger partial charge is 0.490 e. The number of likely N-dealkylation sites (tertiary alicyclic amines) is 1. The molecule has 1 saturated carbocycles. The zero-order valence-corrected chi connectivity index (χ0v) is 17.3. The predicted octanol–water partition coefficient (Wildman–Crippen LogP) is 2.87. The molecule has 172 valence electrons. The normalized spacial score (nSPS) is 26.2. The van der Waals surface area contributed by atoms with Gasteiger partial charge in [-0.2, -0.15) is 13.2 Å². The molecule has 4 rings (SSSR count). The van der Waals surface area contributed by atoms with Crippen molar-refractivity contribution in [2.24, 2.45) is 11.8 Å². The van der Waals surface area contributed by atoms with Crippen molar-refractivity contribution in [1.82, 2.24) is 10.2 Å². The summed E-state index contributed by atoms with van der Waals surface area (Å²) in [4.78, 5) is 24.1. The van der Waals surface area contributed by atoms with E-state index in [1.807, 2.05) is 0 Å². The molecule has 0 aromatic heterocycles. The number of nitrogens with zero attached hydrogens (tertiary/aromatic N) is 1. The van der Waals surface area contributed by atoms with Gasteiger partial charge in [-0.05, 0) is 37.7 Å². The van der Waals surface area contributed by atoms with E-state index in [0.29, 0.717) is 12.0 Å². The molecule has 6 nitrogen and oxygen atoms in total. The first kappa shape index (κ1) is 23.5. The molecule has 3 fully saturated rings. The van der Waals surface area contributed by atoms with Crippen molar-refractivity contribution in [2.45, 2.75) is 50.4 Å². The third-order valence-electron chi connectivity index (χ3n) is 6.26.